The molecule has 0 amide bonds. The van der Waals surface area contributed by atoms with Gasteiger partial charge in [-0.1, -0.05) is 32.4 Å². The summed E-state index contributed by atoms with van der Waals surface area (Å²) in [6.07, 6.45) is 14.5. The fourth-order valence-corrected chi connectivity index (χ4v) is 8.40. The van der Waals surface area contributed by atoms with Crippen LogP contribution in [0, 0.1) is 40.4 Å². The molecule has 0 aliphatic heterocycles. The first kappa shape index (κ1) is 20.9. The van der Waals surface area contributed by atoms with Crippen molar-refractivity contribution in [1.29, 1.82) is 0 Å². The van der Waals surface area contributed by atoms with Crippen molar-refractivity contribution in [3.05, 3.63) is 11.6 Å². The van der Waals surface area contributed by atoms with E-state index in [-0.39, 0.29) is 6.10 Å². The zero-order chi connectivity index (χ0) is 20.3. The van der Waals surface area contributed by atoms with E-state index in [1.807, 2.05) is 13.8 Å². The number of aliphatic hydroxyl groups is 2. The molecule has 4 aliphatic carbocycles. The predicted octanol–water partition coefficient (Wildman–Crippen LogP) is 6.11. The molecule has 8 atom stereocenters. The summed E-state index contributed by atoms with van der Waals surface area (Å²) in [6, 6.07) is 0. The van der Waals surface area contributed by atoms with E-state index in [4.69, 9.17) is 0 Å². The first-order valence-electron chi connectivity index (χ1n) is 12.1. The SMILES string of the molecule is C[C@H](CCC(C)(C)O)C1CCC2C3CC=C4CC(O)CCC4(C)C3CCC21C. The lowest BCUT2D eigenvalue weighted by Crippen LogP contribution is -2.50. The largest absolute Gasteiger partial charge is 0.393 e. The van der Waals surface area contributed by atoms with Crippen LogP contribution >= 0.6 is 0 Å². The van der Waals surface area contributed by atoms with E-state index in [1.54, 1.807) is 5.57 Å². The Morgan fingerprint density at radius 3 is 2.57 bits per heavy atom. The monoisotopic (exact) mass is 388 g/mol. The highest BCUT2D eigenvalue weighted by molar-refractivity contribution is 5.25. The van der Waals surface area contributed by atoms with Crippen molar-refractivity contribution in [2.75, 3.05) is 0 Å². The van der Waals surface area contributed by atoms with Crippen LogP contribution in [0.5, 0.6) is 0 Å². The topological polar surface area (TPSA) is 40.5 Å². The number of rotatable bonds is 4. The van der Waals surface area contributed by atoms with Crippen molar-refractivity contribution in [3.63, 3.8) is 0 Å². The molecule has 3 saturated carbocycles. The normalized spacial score (nSPS) is 47.0. The fraction of sp³-hybridized carbons (Fsp3) is 0.923. The molecule has 0 radical (unpaired) electrons. The Balaban J connectivity index is 1.52. The Hall–Kier alpha value is -0.340. The smallest absolute Gasteiger partial charge is 0.0591 e. The molecule has 4 rings (SSSR count). The van der Waals surface area contributed by atoms with Gasteiger partial charge in [-0.05, 0) is 118 Å². The van der Waals surface area contributed by atoms with E-state index in [9.17, 15) is 10.2 Å². The minimum Gasteiger partial charge on any atom is -0.393 e. The van der Waals surface area contributed by atoms with E-state index in [0.29, 0.717) is 16.7 Å². The van der Waals surface area contributed by atoms with Gasteiger partial charge in [0.1, 0.15) is 0 Å². The molecular weight excluding hydrogens is 344 g/mol. The molecular formula is C26H44O2. The first-order chi connectivity index (χ1) is 13.0. The lowest BCUT2D eigenvalue weighted by atomic mass is 9.47. The third-order valence-electron chi connectivity index (χ3n) is 10.0. The van der Waals surface area contributed by atoms with E-state index in [2.05, 4.69) is 26.8 Å². The highest BCUT2D eigenvalue weighted by Crippen LogP contribution is 2.67. The number of hydrogen-bond donors (Lipinski definition) is 2. The standard InChI is InChI=1S/C26H44O2/c1-17(10-13-24(2,3)28)21-8-9-22-20-7-6-18-16-19(27)11-14-25(18,4)23(20)12-15-26(21,22)5/h6,17,19-23,27-28H,7-16H2,1-5H3/t17-,19?,20?,21?,22?,23?,25?,26?/m1/s1. The van der Waals surface area contributed by atoms with Crippen LogP contribution in [0.4, 0.5) is 0 Å². The Morgan fingerprint density at radius 2 is 1.86 bits per heavy atom. The molecule has 0 aromatic heterocycles. The van der Waals surface area contributed by atoms with Crippen LogP contribution < -0.4 is 0 Å². The maximum absolute atomic E-state index is 10.2. The average Bonchev–Trinajstić information content (AvgIpc) is 2.97. The summed E-state index contributed by atoms with van der Waals surface area (Å²) >= 11 is 0. The predicted molar refractivity (Wildman–Crippen MR) is 116 cm³/mol. The van der Waals surface area contributed by atoms with E-state index in [0.717, 1.165) is 49.4 Å². The second kappa shape index (κ2) is 7.12. The second-order valence-corrected chi connectivity index (χ2v) is 12.2. The molecule has 0 heterocycles. The van der Waals surface area contributed by atoms with Gasteiger partial charge < -0.3 is 10.2 Å². The van der Waals surface area contributed by atoms with Gasteiger partial charge in [0.25, 0.3) is 0 Å². The minimum absolute atomic E-state index is 0.0998. The number of aliphatic hydroxyl groups excluding tert-OH is 1. The van der Waals surface area contributed by atoms with E-state index >= 15 is 0 Å². The Labute approximate surface area is 173 Å². The number of hydrogen-bond acceptors (Lipinski definition) is 2. The van der Waals surface area contributed by atoms with Crippen molar-refractivity contribution in [1.82, 2.24) is 0 Å². The van der Waals surface area contributed by atoms with Gasteiger partial charge in [-0.2, -0.15) is 0 Å². The van der Waals surface area contributed by atoms with Gasteiger partial charge >= 0.3 is 0 Å². The quantitative estimate of drug-likeness (QED) is 0.570. The van der Waals surface area contributed by atoms with Crippen LogP contribution in [0.15, 0.2) is 11.6 Å². The molecule has 28 heavy (non-hydrogen) atoms. The molecule has 2 heteroatoms. The minimum atomic E-state index is -0.532. The lowest BCUT2D eigenvalue weighted by molar-refractivity contribution is -0.0585. The molecule has 0 spiro atoms. The Kier molecular flexibility index (Phi) is 5.32. The second-order valence-electron chi connectivity index (χ2n) is 12.2. The van der Waals surface area contributed by atoms with E-state index in [1.165, 1.54) is 38.5 Å². The van der Waals surface area contributed by atoms with E-state index < -0.39 is 5.60 Å². The van der Waals surface area contributed by atoms with Crippen LogP contribution in [0.25, 0.3) is 0 Å². The van der Waals surface area contributed by atoms with Crippen LogP contribution in [0.3, 0.4) is 0 Å². The summed E-state index contributed by atoms with van der Waals surface area (Å²) in [7, 11) is 0. The summed E-state index contributed by atoms with van der Waals surface area (Å²) in [4.78, 5) is 0. The average molecular weight is 389 g/mol. The zero-order valence-electron chi connectivity index (χ0n) is 19.0. The summed E-state index contributed by atoms with van der Waals surface area (Å²) in [6.45, 7) is 11.5. The molecule has 0 aromatic carbocycles. The molecule has 0 bridgehead atoms. The molecule has 3 fully saturated rings. The van der Waals surface area contributed by atoms with Gasteiger partial charge in [0.2, 0.25) is 0 Å². The van der Waals surface area contributed by atoms with Crippen LogP contribution in [0.1, 0.15) is 98.8 Å². The van der Waals surface area contributed by atoms with Crippen molar-refractivity contribution >= 4 is 0 Å². The number of allylic oxidation sites excluding steroid dienone is 1. The fourth-order valence-electron chi connectivity index (χ4n) is 8.40. The summed E-state index contributed by atoms with van der Waals surface area (Å²) in [5.41, 5.74) is 1.91. The maximum atomic E-state index is 10.2. The summed E-state index contributed by atoms with van der Waals surface area (Å²) in [5, 5.41) is 20.4. The third kappa shape index (κ3) is 3.41. The first-order valence-corrected chi connectivity index (χ1v) is 12.1. The molecule has 0 aromatic rings. The highest BCUT2D eigenvalue weighted by Gasteiger charge is 2.59. The molecule has 160 valence electrons. The van der Waals surface area contributed by atoms with Crippen LogP contribution in [0.2, 0.25) is 0 Å². The van der Waals surface area contributed by atoms with Crippen LogP contribution in [-0.2, 0) is 0 Å². The Bertz CT molecular complexity index is 616. The molecule has 2 N–H and O–H groups in total. The van der Waals surface area contributed by atoms with Crippen molar-refractivity contribution in [2.45, 2.75) is 111 Å². The molecule has 4 aliphatic rings. The van der Waals surface area contributed by atoms with Gasteiger partial charge in [0, 0.05) is 0 Å². The summed E-state index contributed by atoms with van der Waals surface area (Å²) in [5.74, 6) is 4.11. The number of fused-ring (bicyclic) bond motifs is 5. The highest BCUT2D eigenvalue weighted by atomic mass is 16.3. The van der Waals surface area contributed by atoms with Gasteiger partial charge in [0.05, 0.1) is 11.7 Å². The third-order valence-corrected chi connectivity index (χ3v) is 10.0. The van der Waals surface area contributed by atoms with Crippen LogP contribution in [-0.4, -0.2) is 21.9 Å². The van der Waals surface area contributed by atoms with Gasteiger partial charge in [-0.25, -0.2) is 0 Å². The summed E-state index contributed by atoms with van der Waals surface area (Å²) < 4.78 is 0. The lowest BCUT2D eigenvalue weighted by Gasteiger charge is -2.58. The van der Waals surface area contributed by atoms with Gasteiger partial charge in [0.15, 0.2) is 0 Å². The maximum Gasteiger partial charge on any atom is 0.0591 e. The zero-order valence-corrected chi connectivity index (χ0v) is 19.0. The molecule has 7 unspecified atom stereocenters. The molecule has 0 saturated heterocycles. The van der Waals surface area contributed by atoms with Gasteiger partial charge in [-0.3, -0.25) is 0 Å². The molecule has 2 nitrogen and oxygen atoms in total. The Morgan fingerprint density at radius 1 is 1.11 bits per heavy atom. The van der Waals surface area contributed by atoms with Crippen molar-refractivity contribution in [3.8, 4) is 0 Å². The van der Waals surface area contributed by atoms with Crippen molar-refractivity contribution < 1.29 is 10.2 Å². The van der Waals surface area contributed by atoms with Gasteiger partial charge in [-0.15, -0.1) is 0 Å². The van der Waals surface area contributed by atoms with Crippen molar-refractivity contribution in [2.24, 2.45) is 40.4 Å².